The third-order valence-corrected chi connectivity index (χ3v) is 6.73. The summed E-state index contributed by atoms with van der Waals surface area (Å²) in [5.41, 5.74) is 2.20. The van der Waals surface area contributed by atoms with Crippen LogP contribution in [-0.4, -0.2) is 48.8 Å². The van der Waals surface area contributed by atoms with Crippen LogP contribution in [0.15, 0.2) is 42.5 Å². The van der Waals surface area contributed by atoms with Gasteiger partial charge >= 0.3 is 6.87 Å². The predicted octanol–water partition coefficient (Wildman–Crippen LogP) is 3.90. The van der Waals surface area contributed by atoms with Crippen molar-refractivity contribution in [1.82, 2.24) is 9.99 Å². The maximum Gasteiger partial charge on any atom is 0.360 e. The normalized spacial score (nSPS) is 17.4. The number of hydrogen-bond acceptors (Lipinski definition) is 4. The Kier molecular flexibility index (Phi) is 6.85. The molecule has 1 saturated heterocycles. The second-order valence-electron chi connectivity index (χ2n) is 6.80. The van der Waals surface area contributed by atoms with Gasteiger partial charge in [0, 0.05) is 30.3 Å². The summed E-state index contributed by atoms with van der Waals surface area (Å²) in [6.07, 6.45) is 1.12. The Labute approximate surface area is 174 Å². The largest absolute Gasteiger partial charge is 0.493 e. The van der Waals surface area contributed by atoms with Crippen molar-refractivity contribution in [3.05, 3.63) is 48.0 Å². The SMILES string of the molecule is COc1cccc(-c2cccc(C(=O)NC3CCN(P(=O)(O)Cl)CC3)c2)c1OC. The molecule has 156 valence electrons. The molecule has 9 heteroatoms. The molecule has 2 N–H and O–H groups in total. The van der Waals surface area contributed by atoms with Crippen LogP contribution >= 0.6 is 18.1 Å². The summed E-state index contributed by atoms with van der Waals surface area (Å²) < 4.78 is 23.7. The number of nitrogens with one attached hydrogen (secondary N) is 1. The van der Waals surface area contributed by atoms with Gasteiger partial charge in [-0.05, 0) is 47.8 Å². The first-order valence-corrected chi connectivity index (χ1v) is 11.8. The zero-order valence-corrected chi connectivity index (χ0v) is 18.0. The Morgan fingerprint density at radius 2 is 1.86 bits per heavy atom. The van der Waals surface area contributed by atoms with Crippen molar-refractivity contribution in [2.45, 2.75) is 18.9 Å². The number of methoxy groups -OCH3 is 2. The Bertz CT molecular complexity index is 925. The summed E-state index contributed by atoms with van der Waals surface area (Å²) in [5.74, 6) is 1.03. The molecule has 1 fully saturated rings. The summed E-state index contributed by atoms with van der Waals surface area (Å²) in [6.45, 7) is -3.02. The molecule has 3 rings (SSSR count). The third kappa shape index (κ3) is 5.11. The van der Waals surface area contributed by atoms with Crippen LogP contribution in [0.4, 0.5) is 0 Å². The van der Waals surface area contributed by atoms with Crippen molar-refractivity contribution in [2.75, 3.05) is 27.3 Å². The molecular weight excluding hydrogens is 415 g/mol. The van der Waals surface area contributed by atoms with Crippen LogP contribution in [0.1, 0.15) is 23.2 Å². The van der Waals surface area contributed by atoms with Crippen molar-refractivity contribution in [3.63, 3.8) is 0 Å². The van der Waals surface area contributed by atoms with Gasteiger partial charge in [-0.25, -0.2) is 4.67 Å². The Balaban J connectivity index is 1.74. The lowest BCUT2D eigenvalue weighted by Crippen LogP contribution is -2.43. The highest BCUT2D eigenvalue weighted by atomic mass is 35.7. The zero-order valence-electron chi connectivity index (χ0n) is 16.3. The second-order valence-corrected chi connectivity index (χ2v) is 9.63. The number of nitrogens with zero attached hydrogens (tertiary/aromatic N) is 1. The van der Waals surface area contributed by atoms with Gasteiger partial charge in [0.05, 0.1) is 14.2 Å². The lowest BCUT2D eigenvalue weighted by atomic mass is 10.0. The molecule has 29 heavy (non-hydrogen) atoms. The molecule has 1 heterocycles. The number of ether oxygens (including phenoxy) is 2. The van der Waals surface area contributed by atoms with Crippen LogP contribution in [0.2, 0.25) is 0 Å². The van der Waals surface area contributed by atoms with Crippen LogP contribution in [0.5, 0.6) is 11.5 Å². The van der Waals surface area contributed by atoms with Gasteiger partial charge in [0.25, 0.3) is 5.91 Å². The number of benzene rings is 2. The van der Waals surface area contributed by atoms with Gasteiger partial charge in [0.1, 0.15) is 0 Å². The van der Waals surface area contributed by atoms with Crippen LogP contribution in [-0.2, 0) is 4.57 Å². The van der Waals surface area contributed by atoms with Crippen LogP contribution in [0.3, 0.4) is 0 Å². The number of amides is 1. The van der Waals surface area contributed by atoms with Gasteiger partial charge in [-0.3, -0.25) is 9.36 Å². The highest BCUT2D eigenvalue weighted by Crippen LogP contribution is 2.51. The van der Waals surface area contributed by atoms with Crippen molar-refractivity contribution in [3.8, 4) is 22.6 Å². The van der Waals surface area contributed by atoms with E-state index in [9.17, 15) is 14.3 Å². The molecular formula is C20H24ClN2O5P. The van der Waals surface area contributed by atoms with E-state index in [0.29, 0.717) is 43.0 Å². The third-order valence-electron chi connectivity index (χ3n) is 4.99. The number of piperidine rings is 1. The predicted molar refractivity (Wildman–Crippen MR) is 113 cm³/mol. The van der Waals surface area contributed by atoms with Crippen molar-refractivity contribution in [2.24, 2.45) is 0 Å². The number of para-hydroxylation sites is 1. The number of hydrogen-bond donors (Lipinski definition) is 2. The van der Waals surface area contributed by atoms with Gasteiger partial charge in [0.2, 0.25) is 0 Å². The van der Waals surface area contributed by atoms with E-state index in [4.69, 9.17) is 20.7 Å². The van der Waals surface area contributed by atoms with Gasteiger partial charge < -0.3 is 19.7 Å². The minimum absolute atomic E-state index is 0.0722. The fraction of sp³-hybridized carbons (Fsp3) is 0.350. The summed E-state index contributed by atoms with van der Waals surface area (Å²) >= 11 is 5.51. The number of rotatable bonds is 6. The number of halogens is 1. The molecule has 0 aromatic heterocycles. The molecule has 2 aromatic rings. The maximum atomic E-state index is 12.7. The van der Waals surface area contributed by atoms with E-state index in [1.54, 1.807) is 20.3 Å². The molecule has 7 nitrogen and oxygen atoms in total. The van der Waals surface area contributed by atoms with Gasteiger partial charge in [0.15, 0.2) is 11.5 Å². The molecule has 1 amide bonds. The van der Waals surface area contributed by atoms with E-state index in [1.807, 2.05) is 36.4 Å². The molecule has 2 aromatic carbocycles. The number of carbonyl (C=O) groups excluding carboxylic acids is 1. The smallest absolute Gasteiger partial charge is 0.360 e. The van der Waals surface area contributed by atoms with E-state index in [-0.39, 0.29) is 11.9 Å². The minimum Gasteiger partial charge on any atom is -0.493 e. The van der Waals surface area contributed by atoms with Crippen molar-refractivity contribution in [1.29, 1.82) is 0 Å². The van der Waals surface area contributed by atoms with E-state index in [0.717, 1.165) is 11.1 Å². The van der Waals surface area contributed by atoms with E-state index >= 15 is 0 Å². The van der Waals surface area contributed by atoms with Crippen molar-refractivity contribution < 1.29 is 23.7 Å². The molecule has 1 aliphatic heterocycles. The maximum absolute atomic E-state index is 12.7. The van der Waals surface area contributed by atoms with Crippen LogP contribution < -0.4 is 14.8 Å². The molecule has 0 saturated carbocycles. The van der Waals surface area contributed by atoms with Gasteiger partial charge in [-0.2, -0.15) is 0 Å². The quantitative estimate of drug-likeness (QED) is 0.665. The molecule has 0 radical (unpaired) electrons. The average Bonchev–Trinajstić information content (AvgIpc) is 2.72. The van der Waals surface area contributed by atoms with Gasteiger partial charge in [-0.1, -0.05) is 24.3 Å². The molecule has 0 aliphatic carbocycles. The standard InChI is InChI=1S/C20H24ClN2O5P/c1-27-18-8-4-7-17(19(18)28-2)14-5-3-6-15(13-14)20(24)22-16-9-11-23(12-10-16)29(21,25)26/h3-8,13,16H,9-12H2,1-2H3,(H,22,24)(H,25,26). The highest BCUT2D eigenvalue weighted by molar-refractivity contribution is 7.82. The first-order chi connectivity index (χ1) is 13.8. The molecule has 1 atom stereocenters. The summed E-state index contributed by atoms with van der Waals surface area (Å²) in [5, 5.41) is 3.00. The fourth-order valence-electron chi connectivity index (χ4n) is 3.47. The Morgan fingerprint density at radius 1 is 1.17 bits per heavy atom. The molecule has 0 bridgehead atoms. The summed E-state index contributed by atoms with van der Waals surface area (Å²) in [4.78, 5) is 22.2. The van der Waals surface area contributed by atoms with E-state index in [2.05, 4.69) is 5.32 Å². The lowest BCUT2D eigenvalue weighted by Gasteiger charge is -2.32. The first-order valence-electron chi connectivity index (χ1n) is 9.23. The fourth-order valence-corrected chi connectivity index (χ4v) is 4.65. The van der Waals surface area contributed by atoms with Gasteiger partial charge in [-0.15, -0.1) is 0 Å². The monoisotopic (exact) mass is 438 g/mol. The molecule has 0 spiro atoms. The molecule has 1 unspecified atom stereocenters. The average molecular weight is 439 g/mol. The van der Waals surface area contributed by atoms with Crippen molar-refractivity contribution >= 4 is 24.0 Å². The van der Waals surface area contributed by atoms with E-state index in [1.165, 1.54) is 4.67 Å². The van der Waals surface area contributed by atoms with Crippen LogP contribution in [0.25, 0.3) is 11.1 Å². The minimum atomic E-state index is -3.74. The first kappa shape index (κ1) is 21.7. The zero-order chi connectivity index (χ0) is 21.0. The van der Waals surface area contributed by atoms with Crippen LogP contribution in [0, 0.1) is 0 Å². The summed E-state index contributed by atoms with van der Waals surface area (Å²) in [7, 11) is 3.16. The Morgan fingerprint density at radius 3 is 2.48 bits per heavy atom. The summed E-state index contributed by atoms with van der Waals surface area (Å²) in [6, 6.07) is 12.8. The van der Waals surface area contributed by atoms with E-state index < -0.39 is 6.87 Å². The lowest BCUT2D eigenvalue weighted by molar-refractivity contribution is 0.0923. The molecule has 1 aliphatic rings. The Hall–Kier alpha value is -2.05. The highest BCUT2D eigenvalue weighted by Gasteiger charge is 2.30. The number of carbonyl (C=O) groups is 1. The topological polar surface area (TPSA) is 88.1 Å². The second kappa shape index (κ2) is 9.18.